The van der Waals surface area contributed by atoms with Gasteiger partial charge in [-0.15, -0.1) is 11.3 Å². The average molecular weight is 362 g/mol. The summed E-state index contributed by atoms with van der Waals surface area (Å²) >= 11 is 3.10. The molecule has 3 rings (SSSR count). The monoisotopic (exact) mass is 362 g/mol. The maximum atomic E-state index is 12.0. The maximum Gasteiger partial charge on any atom is 0.328 e. The Morgan fingerprint density at radius 3 is 2.96 bits per heavy atom. The molecular formula is C16H14N2O4S2. The zero-order chi connectivity index (χ0) is 16.9. The minimum atomic E-state index is -0.780. The van der Waals surface area contributed by atoms with E-state index in [-0.39, 0.29) is 12.4 Å². The van der Waals surface area contributed by atoms with E-state index >= 15 is 0 Å². The Kier molecular flexibility index (Phi) is 5.07. The quantitative estimate of drug-likeness (QED) is 0.680. The van der Waals surface area contributed by atoms with Crippen LogP contribution in [-0.2, 0) is 16.1 Å². The lowest BCUT2D eigenvalue weighted by atomic mass is 10.3. The fourth-order valence-corrected chi connectivity index (χ4v) is 3.41. The number of carbonyl (C=O) groups excluding carboxylic acids is 2. The molecule has 1 N–H and O–H groups in total. The van der Waals surface area contributed by atoms with E-state index in [1.165, 1.54) is 23.7 Å². The number of esters is 1. The molecule has 1 amide bonds. The summed E-state index contributed by atoms with van der Waals surface area (Å²) in [6.07, 6.45) is 1.39. The molecule has 0 fully saturated rings. The first-order chi connectivity index (χ1) is 11.6. The molecule has 0 aromatic carbocycles. The van der Waals surface area contributed by atoms with E-state index in [0.717, 1.165) is 10.6 Å². The van der Waals surface area contributed by atoms with Gasteiger partial charge in [0.15, 0.2) is 5.76 Å². The molecule has 1 atom stereocenters. The Morgan fingerprint density at radius 1 is 1.38 bits per heavy atom. The summed E-state index contributed by atoms with van der Waals surface area (Å²) in [7, 11) is 0. The molecule has 8 heteroatoms. The fraction of sp³-hybridized carbons (Fsp3) is 0.188. The number of aromatic nitrogens is 1. The van der Waals surface area contributed by atoms with Crippen LogP contribution in [0.25, 0.3) is 10.6 Å². The van der Waals surface area contributed by atoms with Gasteiger partial charge >= 0.3 is 5.97 Å². The highest BCUT2D eigenvalue weighted by Crippen LogP contribution is 2.25. The van der Waals surface area contributed by atoms with Crippen molar-refractivity contribution in [2.24, 2.45) is 0 Å². The largest absolute Gasteiger partial charge is 0.459 e. The third kappa shape index (κ3) is 3.90. The number of nitrogens with zero attached hydrogens (tertiary/aromatic N) is 1. The molecule has 3 aromatic rings. The molecule has 0 saturated carbocycles. The molecule has 6 nitrogen and oxygen atoms in total. The topological polar surface area (TPSA) is 81.4 Å². The molecule has 0 bridgehead atoms. The Hall–Kier alpha value is -2.45. The fourth-order valence-electron chi connectivity index (χ4n) is 1.90. The lowest BCUT2D eigenvalue weighted by Gasteiger charge is -2.11. The van der Waals surface area contributed by atoms with Gasteiger partial charge in [0.25, 0.3) is 5.91 Å². The predicted octanol–water partition coefficient (Wildman–Crippen LogP) is 3.33. The third-order valence-corrected chi connectivity index (χ3v) is 4.75. The summed E-state index contributed by atoms with van der Waals surface area (Å²) in [4.78, 5) is 28.2. The smallest absolute Gasteiger partial charge is 0.328 e. The first kappa shape index (κ1) is 16.4. The van der Waals surface area contributed by atoms with Crippen LogP contribution in [0.5, 0.6) is 0 Å². The lowest BCUT2D eigenvalue weighted by molar-refractivity contribution is -0.146. The number of nitrogens with one attached hydrogen (secondary N) is 1. The highest BCUT2D eigenvalue weighted by molar-refractivity contribution is 7.14. The van der Waals surface area contributed by atoms with Crippen LogP contribution >= 0.6 is 22.7 Å². The average Bonchev–Trinajstić information content (AvgIpc) is 3.34. The van der Waals surface area contributed by atoms with Crippen molar-refractivity contribution in [1.82, 2.24) is 10.3 Å². The van der Waals surface area contributed by atoms with E-state index in [1.54, 1.807) is 24.3 Å². The molecule has 0 aliphatic carbocycles. The predicted molar refractivity (Wildman–Crippen MR) is 90.9 cm³/mol. The normalized spacial score (nSPS) is 11.9. The zero-order valence-electron chi connectivity index (χ0n) is 12.7. The number of hydrogen-bond acceptors (Lipinski definition) is 7. The summed E-state index contributed by atoms with van der Waals surface area (Å²) < 4.78 is 10.2. The molecule has 0 spiro atoms. The number of thiophene rings is 1. The Balaban J connectivity index is 1.51. The van der Waals surface area contributed by atoms with Crippen molar-refractivity contribution >= 4 is 34.6 Å². The van der Waals surface area contributed by atoms with Crippen LogP contribution in [-0.4, -0.2) is 22.9 Å². The zero-order valence-corrected chi connectivity index (χ0v) is 14.4. The second-order valence-electron chi connectivity index (χ2n) is 4.94. The van der Waals surface area contributed by atoms with Gasteiger partial charge in [-0.3, -0.25) is 4.79 Å². The van der Waals surface area contributed by atoms with Gasteiger partial charge in [-0.25, -0.2) is 9.78 Å². The molecule has 24 heavy (non-hydrogen) atoms. The van der Waals surface area contributed by atoms with Gasteiger partial charge < -0.3 is 14.5 Å². The van der Waals surface area contributed by atoms with Gasteiger partial charge in [-0.05, 0) is 30.5 Å². The van der Waals surface area contributed by atoms with Crippen molar-refractivity contribution in [3.05, 3.63) is 52.1 Å². The van der Waals surface area contributed by atoms with E-state index < -0.39 is 17.9 Å². The molecule has 124 valence electrons. The molecular weight excluding hydrogens is 348 g/mol. The molecule has 0 aliphatic rings. The number of rotatable bonds is 6. The van der Waals surface area contributed by atoms with Crippen LogP contribution in [0.3, 0.4) is 0 Å². The Labute approximate surface area is 146 Å². The van der Waals surface area contributed by atoms with Crippen molar-refractivity contribution < 1.29 is 18.7 Å². The Bertz CT molecular complexity index is 809. The van der Waals surface area contributed by atoms with Crippen LogP contribution in [0, 0.1) is 0 Å². The Morgan fingerprint density at radius 2 is 2.25 bits per heavy atom. The van der Waals surface area contributed by atoms with Gasteiger partial charge in [0.1, 0.15) is 17.7 Å². The van der Waals surface area contributed by atoms with Crippen LogP contribution in [0.4, 0.5) is 0 Å². The second-order valence-corrected chi connectivity index (χ2v) is 6.57. The second kappa shape index (κ2) is 7.41. The molecule has 3 heterocycles. The van der Waals surface area contributed by atoms with Gasteiger partial charge in [-0.1, -0.05) is 0 Å². The minimum Gasteiger partial charge on any atom is -0.459 e. The summed E-state index contributed by atoms with van der Waals surface area (Å²) in [5, 5.41) is 9.27. The molecule has 0 saturated heterocycles. The maximum absolute atomic E-state index is 12.0. The van der Waals surface area contributed by atoms with E-state index in [9.17, 15) is 9.59 Å². The van der Waals surface area contributed by atoms with Gasteiger partial charge in [0.05, 0.1) is 12.0 Å². The summed E-state index contributed by atoms with van der Waals surface area (Å²) in [5.41, 5.74) is 1.74. The first-order valence-corrected chi connectivity index (χ1v) is 8.93. The highest BCUT2D eigenvalue weighted by Gasteiger charge is 2.19. The molecule has 0 unspecified atom stereocenters. The van der Waals surface area contributed by atoms with Crippen LogP contribution in [0.2, 0.25) is 0 Å². The summed E-state index contributed by atoms with van der Waals surface area (Å²) in [5.74, 6) is -0.840. The van der Waals surface area contributed by atoms with Gasteiger partial charge in [-0.2, -0.15) is 11.3 Å². The molecule has 0 radical (unpaired) electrons. The molecule has 3 aromatic heterocycles. The third-order valence-electron chi connectivity index (χ3n) is 3.13. The van der Waals surface area contributed by atoms with Gasteiger partial charge in [0.2, 0.25) is 0 Å². The minimum absolute atomic E-state index is 0.0699. The summed E-state index contributed by atoms with van der Waals surface area (Å²) in [6.45, 7) is 1.63. The highest BCUT2D eigenvalue weighted by atomic mass is 32.1. The van der Waals surface area contributed by atoms with Crippen molar-refractivity contribution in [2.75, 3.05) is 0 Å². The van der Waals surface area contributed by atoms with Crippen molar-refractivity contribution in [3.63, 3.8) is 0 Å². The van der Waals surface area contributed by atoms with Crippen molar-refractivity contribution in [1.29, 1.82) is 0 Å². The molecule has 0 aliphatic heterocycles. The van der Waals surface area contributed by atoms with Gasteiger partial charge in [0, 0.05) is 16.3 Å². The van der Waals surface area contributed by atoms with Crippen LogP contribution < -0.4 is 5.32 Å². The number of ether oxygens (including phenoxy) is 1. The number of furan rings is 1. The van der Waals surface area contributed by atoms with E-state index in [4.69, 9.17) is 9.15 Å². The number of amides is 1. The number of carbonyl (C=O) groups is 2. The first-order valence-electron chi connectivity index (χ1n) is 7.11. The standard InChI is InChI=1S/C16H14N2O4S2/c1-10(17-14(19)13-3-2-5-21-13)16(20)22-7-12-9-24-15(18-12)11-4-6-23-8-11/h2-6,8-10H,7H2,1H3,(H,17,19)/t10-/m0/s1. The van der Waals surface area contributed by atoms with Crippen LogP contribution in [0.1, 0.15) is 23.2 Å². The van der Waals surface area contributed by atoms with E-state index in [2.05, 4.69) is 10.3 Å². The van der Waals surface area contributed by atoms with Crippen LogP contribution in [0.15, 0.2) is 45.0 Å². The number of thiazole rings is 1. The number of hydrogen-bond donors (Lipinski definition) is 1. The SMILES string of the molecule is C[C@H](NC(=O)c1ccco1)C(=O)OCc1csc(-c2ccsc2)n1. The summed E-state index contributed by atoms with van der Waals surface area (Å²) in [6, 6.07) is 4.34. The lowest BCUT2D eigenvalue weighted by Crippen LogP contribution is -2.39. The van der Waals surface area contributed by atoms with E-state index in [1.807, 2.05) is 22.2 Å². The van der Waals surface area contributed by atoms with Crippen molar-refractivity contribution in [2.45, 2.75) is 19.6 Å². The van der Waals surface area contributed by atoms with E-state index in [0.29, 0.717) is 5.69 Å². The van der Waals surface area contributed by atoms with Crippen molar-refractivity contribution in [3.8, 4) is 10.6 Å².